The van der Waals surface area contributed by atoms with Gasteiger partial charge < -0.3 is 33.5 Å². The first-order valence-corrected chi connectivity index (χ1v) is 16.0. The van der Waals surface area contributed by atoms with Gasteiger partial charge in [0.1, 0.15) is 12.4 Å². The first kappa shape index (κ1) is 33.5. The second-order valence-corrected chi connectivity index (χ2v) is 13.2. The highest BCUT2D eigenvalue weighted by atomic mass is 16.7. The first-order chi connectivity index (χ1) is 21.4. The molecule has 1 heterocycles. The third-order valence-electron chi connectivity index (χ3n) is 10.8. The van der Waals surface area contributed by atoms with Crippen LogP contribution in [0.4, 0.5) is 0 Å². The van der Waals surface area contributed by atoms with Crippen LogP contribution in [0.5, 0.6) is 0 Å². The number of esters is 4. The van der Waals surface area contributed by atoms with E-state index in [-0.39, 0.29) is 53.2 Å². The van der Waals surface area contributed by atoms with Crippen LogP contribution >= 0.6 is 0 Å². The molecular formula is C32H44O13. The number of hydrogen-bond donors (Lipinski definition) is 1. The average Bonchev–Trinajstić information content (AvgIpc) is 3.41. The Kier molecular flexibility index (Phi) is 10.3. The van der Waals surface area contributed by atoms with Crippen molar-refractivity contribution in [3.05, 3.63) is 0 Å². The third-order valence-corrected chi connectivity index (χ3v) is 10.8. The van der Waals surface area contributed by atoms with E-state index in [4.69, 9.17) is 28.4 Å². The van der Waals surface area contributed by atoms with Gasteiger partial charge in [-0.15, -0.1) is 0 Å². The van der Waals surface area contributed by atoms with E-state index in [1.54, 1.807) is 0 Å². The summed E-state index contributed by atoms with van der Waals surface area (Å²) in [5.41, 5.74) is 0. The summed E-state index contributed by atoms with van der Waals surface area (Å²) in [6.07, 6.45) is -1.72. The minimum atomic E-state index is -1.52. The van der Waals surface area contributed by atoms with Gasteiger partial charge in [-0.25, -0.2) is 4.79 Å². The van der Waals surface area contributed by atoms with Crippen LogP contribution in [0.25, 0.3) is 0 Å². The second kappa shape index (κ2) is 13.8. The number of ketones is 2. The summed E-state index contributed by atoms with van der Waals surface area (Å²) in [6, 6.07) is 0. The lowest BCUT2D eigenvalue weighted by Crippen LogP contribution is -2.64. The van der Waals surface area contributed by atoms with Gasteiger partial charge in [0.15, 0.2) is 36.5 Å². The standard InChI is InChI=1S/C32H44O13/c1-14(34)41-27-28(42-15(2)35)30(43-16(3)36)32(45-29(27)31(39)40-4)44-18-6-8-19-17(11-18)5-7-22-20-9-10-21(25(38)13-33)23(20)12-24(37)26(19)22/h17-23,26-30,32-33H,5-13H2,1-4H3/t17?,18-,19?,20?,21?,22?,23?,26?,27?,28?,29?,30?,32?/m1/s1. The monoisotopic (exact) mass is 636 g/mol. The summed E-state index contributed by atoms with van der Waals surface area (Å²) in [4.78, 5) is 74.9. The molecule has 0 radical (unpaired) electrons. The van der Waals surface area contributed by atoms with Gasteiger partial charge in [0, 0.05) is 39.0 Å². The zero-order valence-electron chi connectivity index (χ0n) is 26.2. The number of ether oxygens (including phenoxy) is 6. The van der Waals surface area contributed by atoms with Crippen molar-refractivity contribution in [2.45, 2.75) is 109 Å². The number of carbonyl (C=O) groups excluding carboxylic acids is 6. The Morgan fingerprint density at radius 2 is 1.40 bits per heavy atom. The maximum Gasteiger partial charge on any atom is 0.339 e. The van der Waals surface area contributed by atoms with Crippen molar-refractivity contribution >= 4 is 35.4 Å². The second-order valence-electron chi connectivity index (χ2n) is 13.2. The minimum Gasteiger partial charge on any atom is -0.467 e. The number of carbonyl (C=O) groups is 6. The van der Waals surface area contributed by atoms with E-state index >= 15 is 0 Å². The molecule has 1 N–H and O–H groups in total. The van der Waals surface area contributed by atoms with Crippen LogP contribution in [-0.2, 0) is 57.2 Å². The molecule has 13 atom stereocenters. The normalized spacial score (nSPS) is 40.6. The van der Waals surface area contributed by atoms with Crippen LogP contribution in [0, 0.1) is 41.4 Å². The van der Waals surface area contributed by atoms with Crippen LogP contribution < -0.4 is 0 Å². The molecule has 4 aliphatic carbocycles. The predicted molar refractivity (Wildman–Crippen MR) is 151 cm³/mol. The molecule has 12 unspecified atom stereocenters. The van der Waals surface area contributed by atoms with Gasteiger partial charge in [0.2, 0.25) is 0 Å². The maximum absolute atomic E-state index is 13.6. The van der Waals surface area contributed by atoms with E-state index in [1.165, 1.54) is 0 Å². The molecule has 1 aliphatic heterocycles. The van der Waals surface area contributed by atoms with E-state index in [2.05, 4.69) is 0 Å². The van der Waals surface area contributed by atoms with Gasteiger partial charge in [0.25, 0.3) is 0 Å². The van der Waals surface area contributed by atoms with Crippen LogP contribution in [0.15, 0.2) is 0 Å². The summed E-state index contributed by atoms with van der Waals surface area (Å²) < 4.78 is 33.5. The van der Waals surface area contributed by atoms with Gasteiger partial charge in [-0.2, -0.15) is 0 Å². The van der Waals surface area contributed by atoms with Crippen molar-refractivity contribution in [1.82, 2.24) is 0 Å². The SMILES string of the molecule is COC(=O)C1OC(O[C@@H]2CCC3C(CCC4C5CCC(C(=O)CO)C5CC(=O)C34)C2)C(OC(C)=O)C(OC(C)=O)C1OC(C)=O. The maximum atomic E-state index is 13.6. The Balaban J connectivity index is 1.32. The summed E-state index contributed by atoms with van der Waals surface area (Å²) >= 11 is 0. The Morgan fingerprint density at radius 1 is 0.778 bits per heavy atom. The number of hydrogen-bond acceptors (Lipinski definition) is 13. The molecule has 0 aromatic heterocycles. The number of aliphatic hydroxyl groups is 1. The summed E-state index contributed by atoms with van der Waals surface area (Å²) in [7, 11) is 1.13. The van der Waals surface area contributed by atoms with Crippen LogP contribution in [0.3, 0.4) is 0 Å². The molecular weight excluding hydrogens is 592 g/mol. The van der Waals surface area contributed by atoms with Crippen molar-refractivity contribution in [3.63, 3.8) is 0 Å². The van der Waals surface area contributed by atoms with E-state index in [9.17, 15) is 33.9 Å². The summed E-state index contributed by atoms with van der Waals surface area (Å²) in [6.45, 7) is 2.94. The molecule has 0 bridgehead atoms. The molecule has 5 rings (SSSR count). The minimum absolute atomic E-state index is 0.0278. The zero-order valence-corrected chi connectivity index (χ0v) is 26.2. The third kappa shape index (κ3) is 6.80. The number of fused-ring (bicyclic) bond motifs is 5. The lowest BCUT2D eigenvalue weighted by molar-refractivity contribution is -0.313. The van der Waals surface area contributed by atoms with E-state index < -0.39 is 61.2 Å². The molecule has 4 saturated carbocycles. The fraction of sp³-hybridized carbons (Fsp3) is 0.812. The quantitative estimate of drug-likeness (QED) is 0.231. The van der Waals surface area contributed by atoms with Crippen LogP contribution in [0.1, 0.15) is 72.1 Å². The molecule has 5 aliphatic rings. The lowest BCUT2D eigenvalue weighted by atomic mass is 9.52. The molecule has 13 nitrogen and oxygen atoms in total. The van der Waals surface area contributed by atoms with E-state index in [0.717, 1.165) is 60.0 Å². The highest BCUT2D eigenvalue weighted by Gasteiger charge is 2.58. The van der Waals surface area contributed by atoms with Crippen molar-refractivity contribution < 1.29 is 62.3 Å². The van der Waals surface area contributed by atoms with E-state index in [1.807, 2.05) is 0 Å². The van der Waals surface area contributed by atoms with Gasteiger partial charge >= 0.3 is 23.9 Å². The number of methoxy groups -OCH3 is 1. The Morgan fingerprint density at radius 3 is 2.04 bits per heavy atom. The molecule has 5 fully saturated rings. The van der Waals surface area contributed by atoms with Gasteiger partial charge in [-0.1, -0.05) is 0 Å². The lowest BCUT2D eigenvalue weighted by Gasteiger charge is -2.52. The highest BCUT2D eigenvalue weighted by Crippen LogP contribution is 2.58. The van der Waals surface area contributed by atoms with Gasteiger partial charge in [-0.05, 0) is 74.5 Å². The van der Waals surface area contributed by atoms with Crippen molar-refractivity contribution in [3.8, 4) is 0 Å². The Labute approximate surface area is 261 Å². The van der Waals surface area contributed by atoms with Crippen molar-refractivity contribution in [1.29, 1.82) is 0 Å². The highest BCUT2D eigenvalue weighted by molar-refractivity contribution is 5.87. The summed E-state index contributed by atoms with van der Waals surface area (Å²) in [5, 5.41) is 9.45. The molecule has 0 aromatic carbocycles. The molecule has 45 heavy (non-hydrogen) atoms. The van der Waals surface area contributed by atoms with Crippen molar-refractivity contribution in [2.24, 2.45) is 41.4 Å². The molecule has 250 valence electrons. The number of aliphatic hydroxyl groups excluding tert-OH is 1. The number of Topliss-reactive ketones (excluding diaryl/α,β-unsaturated/α-hetero) is 2. The van der Waals surface area contributed by atoms with E-state index in [0.29, 0.717) is 25.2 Å². The molecule has 13 heteroatoms. The fourth-order valence-corrected chi connectivity index (χ4v) is 9.22. The molecule has 0 amide bonds. The van der Waals surface area contributed by atoms with Crippen LogP contribution in [0.2, 0.25) is 0 Å². The molecule has 1 saturated heterocycles. The Hall–Kier alpha value is -2.90. The van der Waals surface area contributed by atoms with Gasteiger partial charge in [-0.3, -0.25) is 24.0 Å². The van der Waals surface area contributed by atoms with Gasteiger partial charge in [0.05, 0.1) is 13.2 Å². The van der Waals surface area contributed by atoms with Crippen molar-refractivity contribution in [2.75, 3.05) is 13.7 Å². The molecule has 0 aromatic rings. The zero-order chi connectivity index (χ0) is 32.6. The molecule has 0 spiro atoms. The predicted octanol–water partition coefficient (Wildman–Crippen LogP) is 1.68. The topological polar surface area (TPSA) is 178 Å². The van der Waals surface area contributed by atoms with Crippen LogP contribution in [-0.4, -0.2) is 91.1 Å². The smallest absolute Gasteiger partial charge is 0.339 e. The number of rotatable bonds is 8. The average molecular weight is 637 g/mol. The summed E-state index contributed by atoms with van der Waals surface area (Å²) in [5.74, 6) is -2.39. The largest absolute Gasteiger partial charge is 0.467 e. The Bertz CT molecular complexity index is 1180. The fourth-order valence-electron chi connectivity index (χ4n) is 9.22. The first-order valence-electron chi connectivity index (χ1n) is 16.0.